The van der Waals surface area contributed by atoms with E-state index in [0.29, 0.717) is 25.4 Å². The van der Waals surface area contributed by atoms with Gasteiger partial charge in [0, 0.05) is 13.0 Å². The molecule has 0 aromatic heterocycles. The fourth-order valence-corrected chi connectivity index (χ4v) is 2.86. The van der Waals surface area contributed by atoms with Gasteiger partial charge in [-0.15, -0.1) is 0 Å². The molecule has 2 unspecified atom stereocenters. The van der Waals surface area contributed by atoms with Gasteiger partial charge in [0.1, 0.15) is 5.75 Å². The van der Waals surface area contributed by atoms with Crippen molar-refractivity contribution in [3.8, 4) is 5.75 Å². The molecular weight excluding hydrogens is 266 g/mol. The average Bonchev–Trinajstić information content (AvgIpc) is 2.86. The molecule has 1 saturated heterocycles. The first-order chi connectivity index (χ1) is 10.1. The van der Waals surface area contributed by atoms with Crippen molar-refractivity contribution in [2.75, 3.05) is 19.8 Å². The second kappa shape index (κ2) is 7.46. The molecule has 4 heteroatoms. The van der Waals surface area contributed by atoms with E-state index in [0.717, 1.165) is 24.3 Å². The standard InChI is InChI=1S/C17H25NO3/c1-13-9-10-18(15(13)12-19)17(20)8-5-11-21-16-7-4-3-6-14(16)2/h3-4,6-7,13,15,19H,5,8-12H2,1-2H3. The molecule has 1 aromatic carbocycles. The summed E-state index contributed by atoms with van der Waals surface area (Å²) in [5, 5.41) is 9.39. The Kier molecular flexibility index (Phi) is 5.62. The minimum absolute atomic E-state index is 0.00483. The van der Waals surface area contributed by atoms with E-state index in [-0.39, 0.29) is 18.6 Å². The van der Waals surface area contributed by atoms with Crippen LogP contribution >= 0.6 is 0 Å². The van der Waals surface area contributed by atoms with Crippen molar-refractivity contribution in [2.24, 2.45) is 5.92 Å². The zero-order valence-electron chi connectivity index (χ0n) is 12.9. The Balaban J connectivity index is 1.74. The van der Waals surface area contributed by atoms with Crippen LogP contribution in [0.2, 0.25) is 0 Å². The molecule has 1 aromatic rings. The Morgan fingerprint density at radius 1 is 1.43 bits per heavy atom. The lowest BCUT2D eigenvalue weighted by Crippen LogP contribution is -2.39. The number of carbonyl (C=O) groups excluding carboxylic acids is 1. The van der Waals surface area contributed by atoms with Crippen LogP contribution < -0.4 is 4.74 Å². The Hall–Kier alpha value is -1.55. The van der Waals surface area contributed by atoms with Gasteiger partial charge in [0.15, 0.2) is 0 Å². The maximum atomic E-state index is 12.2. The van der Waals surface area contributed by atoms with E-state index in [1.807, 2.05) is 36.1 Å². The molecule has 1 amide bonds. The lowest BCUT2D eigenvalue weighted by molar-refractivity contribution is -0.133. The maximum Gasteiger partial charge on any atom is 0.223 e. The molecule has 2 atom stereocenters. The number of aliphatic hydroxyl groups is 1. The quantitative estimate of drug-likeness (QED) is 0.819. The van der Waals surface area contributed by atoms with E-state index < -0.39 is 0 Å². The van der Waals surface area contributed by atoms with E-state index in [1.54, 1.807) is 0 Å². The van der Waals surface area contributed by atoms with Gasteiger partial charge in [0.2, 0.25) is 5.91 Å². The lowest BCUT2D eigenvalue weighted by atomic mass is 10.0. The summed E-state index contributed by atoms with van der Waals surface area (Å²) in [6, 6.07) is 7.88. The van der Waals surface area contributed by atoms with Crippen LogP contribution in [0, 0.1) is 12.8 Å². The van der Waals surface area contributed by atoms with Crippen LogP contribution in [0.1, 0.15) is 31.7 Å². The van der Waals surface area contributed by atoms with Crippen molar-refractivity contribution in [3.63, 3.8) is 0 Å². The van der Waals surface area contributed by atoms with Gasteiger partial charge in [-0.05, 0) is 37.3 Å². The summed E-state index contributed by atoms with van der Waals surface area (Å²) in [5.41, 5.74) is 1.11. The second-order valence-corrected chi connectivity index (χ2v) is 5.82. The monoisotopic (exact) mass is 291 g/mol. The fraction of sp³-hybridized carbons (Fsp3) is 0.588. The zero-order chi connectivity index (χ0) is 15.2. The molecular formula is C17H25NO3. The molecule has 2 rings (SSSR count). The van der Waals surface area contributed by atoms with Crippen LogP contribution in [0.5, 0.6) is 5.75 Å². The predicted molar refractivity (Wildman–Crippen MR) is 82.3 cm³/mol. The molecule has 1 N–H and O–H groups in total. The van der Waals surface area contributed by atoms with Crippen molar-refractivity contribution in [3.05, 3.63) is 29.8 Å². The first-order valence-corrected chi connectivity index (χ1v) is 7.72. The second-order valence-electron chi connectivity index (χ2n) is 5.82. The number of likely N-dealkylation sites (tertiary alicyclic amines) is 1. The van der Waals surface area contributed by atoms with Crippen LogP contribution in [0.25, 0.3) is 0 Å². The lowest BCUT2D eigenvalue weighted by Gasteiger charge is -2.25. The van der Waals surface area contributed by atoms with Gasteiger partial charge in [-0.25, -0.2) is 0 Å². The van der Waals surface area contributed by atoms with E-state index in [9.17, 15) is 9.90 Å². The van der Waals surface area contributed by atoms with E-state index in [1.165, 1.54) is 0 Å². The normalized spacial score (nSPS) is 21.6. The number of carbonyl (C=O) groups is 1. The van der Waals surface area contributed by atoms with Crippen LogP contribution in [0.3, 0.4) is 0 Å². The summed E-state index contributed by atoms with van der Waals surface area (Å²) >= 11 is 0. The van der Waals surface area contributed by atoms with E-state index in [2.05, 4.69) is 6.92 Å². The number of amides is 1. The van der Waals surface area contributed by atoms with Crippen molar-refractivity contribution in [1.29, 1.82) is 0 Å². The summed E-state index contributed by atoms with van der Waals surface area (Å²) in [6.07, 6.45) is 2.17. The molecule has 1 fully saturated rings. The number of aliphatic hydroxyl groups excluding tert-OH is 1. The molecule has 0 bridgehead atoms. The average molecular weight is 291 g/mol. The van der Waals surface area contributed by atoms with E-state index in [4.69, 9.17) is 4.74 Å². The first kappa shape index (κ1) is 15.8. The molecule has 0 aliphatic carbocycles. The number of aryl methyl sites for hydroxylation is 1. The van der Waals surface area contributed by atoms with Crippen LogP contribution in [-0.2, 0) is 4.79 Å². The van der Waals surface area contributed by atoms with Crippen molar-refractivity contribution < 1.29 is 14.6 Å². The molecule has 0 saturated carbocycles. The number of hydrogen-bond acceptors (Lipinski definition) is 3. The minimum atomic E-state index is -0.00483. The number of ether oxygens (including phenoxy) is 1. The highest BCUT2D eigenvalue weighted by atomic mass is 16.5. The molecule has 1 heterocycles. The van der Waals surface area contributed by atoms with Crippen molar-refractivity contribution >= 4 is 5.91 Å². The number of rotatable bonds is 6. The highest BCUT2D eigenvalue weighted by Gasteiger charge is 2.33. The van der Waals surface area contributed by atoms with Crippen molar-refractivity contribution in [1.82, 2.24) is 4.90 Å². The Labute approximate surface area is 126 Å². The van der Waals surface area contributed by atoms with Gasteiger partial charge in [0.05, 0.1) is 19.3 Å². The minimum Gasteiger partial charge on any atom is -0.493 e. The first-order valence-electron chi connectivity index (χ1n) is 7.72. The Morgan fingerprint density at radius 2 is 2.19 bits per heavy atom. The smallest absolute Gasteiger partial charge is 0.223 e. The number of benzene rings is 1. The van der Waals surface area contributed by atoms with Crippen LogP contribution in [0.15, 0.2) is 24.3 Å². The van der Waals surface area contributed by atoms with Crippen LogP contribution in [0.4, 0.5) is 0 Å². The molecule has 116 valence electrons. The third-order valence-electron chi connectivity index (χ3n) is 4.28. The molecule has 4 nitrogen and oxygen atoms in total. The van der Waals surface area contributed by atoms with Gasteiger partial charge in [0.25, 0.3) is 0 Å². The Bertz CT molecular complexity index is 475. The highest BCUT2D eigenvalue weighted by Crippen LogP contribution is 2.24. The molecule has 0 radical (unpaired) electrons. The van der Waals surface area contributed by atoms with Gasteiger partial charge in [-0.1, -0.05) is 25.1 Å². The largest absolute Gasteiger partial charge is 0.493 e. The van der Waals surface area contributed by atoms with Gasteiger partial charge < -0.3 is 14.7 Å². The fourth-order valence-electron chi connectivity index (χ4n) is 2.86. The molecule has 1 aliphatic rings. The summed E-state index contributed by atoms with van der Waals surface area (Å²) in [5.74, 6) is 1.40. The Morgan fingerprint density at radius 3 is 2.90 bits per heavy atom. The third-order valence-corrected chi connectivity index (χ3v) is 4.28. The van der Waals surface area contributed by atoms with E-state index >= 15 is 0 Å². The predicted octanol–water partition coefficient (Wildman–Crippen LogP) is 2.38. The van der Waals surface area contributed by atoms with Crippen molar-refractivity contribution in [2.45, 2.75) is 39.2 Å². The summed E-state index contributed by atoms with van der Waals surface area (Å²) in [6.45, 7) is 5.48. The number of nitrogens with zero attached hydrogens (tertiary/aromatic N) is 1. The summed E-state index contributed by atoms with van der Waals surface area (Å²) in [7, 11) is 0. The van der Waals surface area contributed by atoms with Gasteiger partial charge in [-0.2, -0.15) is 0 Å². The van der Waals surface area contributed by atoms with Gasteiger partial charge >= 0.3 is 0 Å². The topological polar surface area (TPSA) is 49.8 Å². The SMILES string of the molecule is Cc1ccccc1OCCCC(=O)N1CCC(C)C1CO. The summed E-state index contributed by atoms with van der Waals surface area (Å²) in [4.78, 5) is 14.0. The summed E-state index contributed by atoms with van der Waals surface area (Å²) < 4.78 is 5.70. The number of para-hydroxylation sites is 1. The van der Waals surface area contributed by atoms with Gasteiger partial charge in [-0.3, -0.25) is 4.79 Å². The van der Waals surface area contributed by atoms with Crippen LogP contribution in [-0.4, -0.2) is 41.7 Å². The molecule has 1 aliphatic heterocycles. The molecule has 21 heavy (non-hydrogen) atoms. The maximum absolute atomic E-state index is 12.2. The highest BCUT2D eigenvalue weighted by molar-refractivity contribution is 5.76. The zero-order valence-corrected chi connectivity index (χ0v) is 12.9. The number of hydrogen-bond donors (Lipinski definition) is 1. The molecule has 0 spiro atoms. The third kappa shape index (κ3) is 3.97.